The molecule has 3 heterocycles. The Kier molecular flexibility index (Phi) is 4.50. The Morgan fingerprint density at radius 1 is 1.27 bits per heavy atom. The summed E-state index contributed by atoms with van der Waals surface area (Å²) in [5, 5.41) is 9.07. The van der Waals surface area contributed by atoms with Crippen molar-refractivity contribution in [3.8, 4) is 11.9 Å². The van der Waals surface area contributed by atoms with Gasteiger partial charge in [-0.3, -0.25) is 4.79 Å². The van der Waals surface area contributed by atoms with E-state index in [1.165, 1.54) is 18.0 Å². The largest absolute Gasteiger partial charge is 0.470 e. The first kappa shape index (κ1) is 16.5. The number of nitrogens with zero attached hydrogens (tertiary/aromatic N) is 4. The van der Waals surface area contributed by atoms with Crippen molar-refractivity contribution in [1.82, 2.24) is 14.9 Å². The van der Waals surface area contributed by atoms with Crippen LogP contribution in [0.3, 0.4) is 0 Å². The van der Waals surface area contributed by atoms with Crippen LogP contribution in [0.15, 0.2) is 36.7 Å². The molecule has 1 saturated heterocycles. The van der Waals surface area contributed by atoms with Crippen molar-refractivity contribution in [2.45, 2.75) is 31.7 Å². The number of nitriles is 1. The van der Waals surface area contributed by atoms with E-state index in [0.29, 0.717) is 32.5 Å². The lowest BCUT2D eigenvalue weighted by Gasteiger charge is -2.28. The summed E-state index contributed by atoms with van der Waals surface area (Å²) in [6.45, 7) is 1.53. The Bertz CT molecular complexity index is 864. The standard InChI is InChI=1S/C19H18N4O3/c20-10-16-18(22-7-6-21-16)26-15-5-8-23(11-15)19(24)17-9-13-3-1-2-4-14(13)12-25-17/h1-4,6-7,15,17H,5,8-9,11-12H2/t15-,17+/m0/s1. The molecule has 1 amide bonds. The number of hydrogen-bond acceptors (Lipinski definition) is 6. The second-order valence-electron chi connectivity index (χ2n) is 6.41. The molecule has 2 atom stereocenters. The van der Waals surface area contributed by atoms with Gasteiger partial charge in [-0.15, -0.1) is 0 Å². The Morgan fingerprint density at radius 2 is 2.08 bits per heavy atom. The highest BCUT2D eigenvalue weighted by Crippen LogP contribution is 2.24. The normalized spacial score (nSPS) is 21.7. The van der Waals surface area contributed by atoms with Crippen molar-refractivity contribution in [3.05, 3.63) is 53.5 Å². The van der Waals surface area contributed by atoms with Gasteiger partial charge in [-0.25, -0.2) is 9.97 Å². The molecule has 26 heavy (non-hydrogen) atoms. The van der Waals surface area contributed by atoms with Gasteiger partial charge in [-0.2, -0.15) is 5.26 Å². The number of likely N-dealkylation sites (tertiary alicyclic amines) is 1. The minimum Gasteiger partial charge on any atom is -0.470 e. The topological polar surface area (TPSA) is 88.3 Å². The average molecular weight is 350 g/mol. The van der Waals surface area contributed by atoms with Crippen molar-refractivity contribution in [3.63, 3.8) is 0 Å². The van der Waals surface area contributed by atoms with Crippen LogP contribution in [-0.2, 0) is 22.6 Å². The molecule has 1 fully saturated rings. The molecule has 0 saturated carbocycles. The number of fused-ring (bicyclic) bond motifs is 1. The molecular weight excluding hydrogens is 332 g/mol. The zero-order valence-electron chi connectivity index (χ0n) is 14.2. The van der Waals surface area contributed by atoms with Crippen molar-refractivity contribution in [1.29, 1.82) is 5.26 Å². The van der Waals surface area contributed by atoms with Crippen LogP contribution in [0.1, 0.15) is 23.2 Å². The summed E-state index contributed by atoms with van der Waals surface area (Å²) in [5.41, 5.74) is 2.47. The summed E-state index contributed by atoms with van der Waals surface area (Å²) in [4.78, 5) is 22.6. The second-order valence-corrected chi connectivity index (χ2v) is 6.41. The van der Waals surface area contributed by atoms with Gasteiger partial charge in [0.25, 0.3) is 11.8 Å². The first-order chi connectivity index (χ1) is 12.7. The van der Waals surface area contributed by atoms with E-state index >= 15 is 0 Å². The molecule has 4 rings (SSSR count). The van der Waals surface area contributed by atoms with Crippen molar-refractivity contribution in [2.24, 2.45) is 0 Å². The highest BCUT2D eigenvalue weighted by Gasteiger charge is 2.34. The highest BCUT2D eigenvalue weighted by molar-refractivity contribution is 5.82. The number of amides is 1. The molecule has 2 aliphatic heterocycles. The van der Waals surface area contributed by atoms with E-state index in [9.17, 15) is 4.79 Å². The third kappa shape index (κ3) is 3.24. The van der Waals surface area contributed by atoms with E-state index in [-0.39, 0.29) is 23.6 Å². The smallest absolute Gasteiger partial charge is 0.252 e. The van der Waals surface area contributed by atoms with E-state index in [0.717, 1.165) is 5.56 Å². The van der Waals surface area contributed by atoms with Gasteiger partial charge >= 0.3 is 0 Å². The molecule has 7 nitrogen and oxygen atoms in total. The molecule has 0 spiro atoms. The fraction of sp³-hybridized carbons (Fsp3) is 0.368. The van der Waals surface area contributed by atoms with Gasteiger partial charge in [-0.1, -0.05) is 24.3 Å². The maximum absolute atomic E-state index is 12.8. The Hall–Kier alpha value is -2.98. The number of hydrogen-bond donors (Lipinski definition) is 0. The minimum absolute atomic E-state index is 0.00902. The lowest BCUT2D eigenvalue weighted by Crippen LogP contribution is -2.42. The van der Waals surface area contributed by atoms with Crippen LogP contribution in [0.5, 0.6) is 5.88 Å². The molecule has 7 heteroatoms. The van der Waals surface area contributed by atoms with Gasteiger partial charge in [-0.05, 0) is 11.1 Å². The summed E-state index contributed by atoms with van der Waals surface area (Å²) in [6.07, 6.45) is 3.58. The summed E-state index contributed by atoms with van der Waals surface area (Å²) in [7, 11) is 0. The van der Waals surface area contributed by atoms with E-state index in [1.807, 2.05) is 30.3 Å². The van der Waals surface area contributed by atoms with Crippen LogP contribution >= 0.6 is 0 Å². The summed E-state index contributed by atoms with van der Waals surface area (Å²) in [5.74, 6) is 0.211. The molecular formula is C19H18N4O3. The van der Waals surface area contributed by atoms with Crippen LogP contribution in [0.4, 0.5) is 0 Å². The molecule has 0 unspecified atom stereocenters. The quantitative estimate of drug-likeness (QED) is 0.833. The molecule has 0 N–H and O–H groups in total. The Labute approximate surface area is 151 Å². The van der Waals surface area contributed by atoms with E-state index < -0.39 is 6.10 Å². The molecule has 2 aliphatic rings. The fourth-order valence-corrected chi connectivity index (χ4v) is 3.38. The van der Waals surface area contributed by atoms with E-state index in [2.05, 4.69) is 9.97 Å². The van der Waals surface area contributed by atoms with Crippen molar-refractivity contribution in [2.75, 3.05) is 13.1 Å². The minimum atomic E-state index is -0.449. The van der Waals surface area contributed by atoms with Crippen LogP contribution in [0.2, 0.25) is 0 Å². The molecule has 2 aromatic rings. The van der Waals surface area contributed by atoms with Crippen LogP contribution in [-0.4, -0.2) is 46.1 Å². The summed E-state index contributed by atoms with van der Waals surface area (Å²) < 4.78 is 11.6. The molecule has 132 valence electrons. The molecule has 1 aromatic heterocycles. The number of rotatable bonds is 3. The molecule has 0 bridgehead atoms. The van der Waals surface area contributed by atoms with Crippen LogP contribution in [0.25, 0.3) is 0 Å². The van der Waals surface area contributed by atoms with E-state index in [4.69, 9.17) is 14.7 Å². The fourth-order valence-electron chi connectivity index (χ4n) is 3.38. The third-order valence-electron chi connectivity index (χ3n) is 4.74. The first-order valence-electron chi connectivity index (χ1n) is 8.59. The van der Waals surface area contributed by atoms with Gasteiger partial charge in [0.1, 0.15) is 18.3 Å². The van der Waals surface area contributed by atoms with Gasteiger partial charge in [0.15, 0.2) is 0 Å². The van der Waals surface area contributed by atoms with Gasteiger partial charge in [0, 0.05) is 31.8 Å². The lowest BCUT2D eigenvalue weighted by atomic mass is 9.98. The SMILES string of the molecule is N#Cc1nccnc1O[C@H]1CCN(C(=O)[C@H]2Cc3ccccc3CO2)C1. The highest BCUT2D eigenvalue weighted by atomic mass is 16.5. The molecule has 0 aliphatic carbocycles. The maximum atomic E-state index is 12.8. The summed E-state index contributed by atoms with van der Waals surface area (Å²) >= 11 is 0. The van der Waals surface area contributed by atoms with Crippen LogP contribution < -0.4 is 4.74 Å². The predicted octanol–water partition coefficient (Wildman–Crippen LogP) is 1.47. The second kappa shape index (κ2) is 7.10. The van der Waals surface area contributed by atoms with E-state index in [1.54, 1.807) is 4.90 Å². The number of carbonyl (C=O) groups is 1. The molecule has 0 radical (unpaired) electrons. The Morgan fingerprint density at radius 3 is 2.92 bits per heavy atom. The average Bonchev–Trinajstić information content (AvgIpc) is 3.16. The molecule has 1 aromatic carbocycles. The van der Waals surface area contributed by atoms with Crippen LogP contribution in [0, 0.1) is 11.3 Å². The van der Waals surface area contributed by atoms with Gasteiger partial charge in [0.2, 0.25) is 5.69 Å². The lowest BCUT2D eigenvalue weighted by molar-refractivity contribution is -0.144. The van der Waals surface area contributed by atoms with Crippen molar-refractivity contribution >= 4 is 5.91 Å². The monoisotopic (exact) mass is 350 g/mol. The number of ether oxygens (including phenoxy) is 2. The predicted molar refractivity (Wildman–Crippen MR) is 91.1 cm³/mol. The van der Waals surface area contributed by atoms with Gasteiger partial charge in [0.05, 0.1) is 13.2 Å². The van der Waals surface area contributed by atoms with Crippen molar-refractivity contribution < 1.29 is 14.3 Å². The number of aromatic nitrogens is 2. The maximum Gasteiger partial charge on any atom is 0.252 e. The zero-order chi connectivity index (χ0) is 17.9. The third-order valence-corrected chi connectivity index (χ3v) is 4.74. The Balaban J connectivity index is 1.38. The summed E-state index contributed by atoms with van der Waals surface area (Å²) in [6, 6.07) is 10.0. The van der Waals surface area contributed by atoms with Gasteiger partial charge < -0.3 is 14.4 Å². The first-order valence-corrected chi connectivity index (χ1v) is 8.59. The zero-order valence-corrected chi connectivity index (χ0v) is 14.2. The number of benzene rings is 1. The number of carbonyl (C=O) groups excluding carboxylic acids is 1.